The maximum absolute atomic E-state index is 13.2. The summed E-state index contributed by atoms with van der Waals surface area (Å²) in [7, 11) is 0. The summed E-state index contributed by atoms with van der Waals surface area (Å²) in [6.07, 6.45) is 62.1. The summed E-state index contributed by atoms with van der Waals surface area (Å²) in [5.74, 6) is -0.544. The molecule has 0 heterocycles. The number of hydrogen-bond acceptors (Lipinski definition) is 5. The molecular formula is C55H95NO5. The Balaban J connectivity index is 4.63. The van der Waals surface area contributed by atoms with Crippen molar-refractivity contribution in [3.05, 3.63) is 85.1 Å². The van der Waals surface area contributed by atoms with Crippen LogP contribution in [-0.2, 0) is 14.3 Å². The second-order valence-electron chi connectivity index (χ2n) is 16.9. The molecule has 3 unspecified atom stereocenters. The molecule has 0 aromatic rings. The van der Waals surface area contributed by atoms with Crippen LogP contribution in [0.1, 0.15) is 226 Å². The fourth-order valence-corrected chi connectivity index (χ4v) is 7.28. The van der Waals surface area contributed by atoms with Crippen LogP contribution in [0.25, 0.3) is 0 Å². The molecule has 61 heavy (non-hydrogen) atoms. The number of ether oxygens (including phenoxy) is 1. The van der Waals surface area contributed by atoms with Gasteiger partial charge in [-0.05, 0) is 77.0 Å². The SMILES string of the molecule is CC/C=C/C=C/C=C/C=C\CCCCCCCC(=O)OC(CCCC/C=C/C/C=C/C/C=C/CC)CC(=O)NC(CO)C(O)CCCCCCCCCCCCCCCCC. The van der Waals surface area contributed by atoms with Crippen LogP contribution < -0.4 is 5.32 Å². The number of esters is 1. The Morgan fingerprint density at radius 3 is 1.56 bits per heavy atom. The van der Waals surface area contributed by atoms with E-state index >= 15 is 0 Å². The van der Waals surface area contributed by atoms with Gasteiger partial charge in [0.05, 0.1) is 25.2 Å². The van der Waals surface area contributed by atoms with Crippen molar-refractivity contribution < 1.29 is 24.5 Å². The first-order valence-electron chi connectivity index (χ1n) is 25.4. The van der Waals surface area contributed by atoms with Crippen LogP contribution in [0.5, 0.6) is 0 Å². The van der Waals surface area contributed by atoms with E-state index in [0.717, 1.165) is 103 Å². The van der Waals surface area contributed by atoms with E-state index < -0.39 is 18.2 Å². The highest BCUT2D eigenvalue weighted by Gasteiger charge is 2.24. The smallest absolute Gasteiger partial charge is 0.306 e. The second-order valence-corrected chi connectivity index (χ2v) is 16.9. The lowest BCUT2D eigenvalue weighted by molar-refractivity contribution is -0.151. The average molecular weight is 850 g/mol. The molecule has 3 N–H and O–H groups in total. The summed E-state index contributed by atoms with van der Waals surface area (Å²) in [6.45, 7) is 6.21. The van der Waals surface area contributed by atoms with Crippen molar-refractivity contribution >= 4 is 11.9 Å². The number of amides is 1. The number of carbonyl (C=O) groups excluding carboxylic acids is 2. The molecule has 0 aromatic carbocycles. The van der Waals surface area contributed by atoms with Crippen LogP contribution in [0.3, 0.4) is 0 Å². The molecule has 0 aliphatic carbocycles. The van der Waals surface area contributed by atoms with E-state index in [1.807, 2.05) is 18.2 Å². The molecule has 0 saturated heterocycles. The molecule has 0 radical (unpaired) electrons. The van der Waals surface area contributed by atoms with Crippen LogP contribution in [0.15, 0.2) is 85.1 Å². The second kappa shape index (κ2) is 48.1. The van der Waals surface area contributed by atoms with E-state index in [1.165, 1.54) is 77.0 Å². The molecule has 6 heteroatoms. The number of aliphatic hydroxyl groups is 2. The number of hydrogen-bond donors (Lipinski definition) is 3. The summed E-state index contributed by atoms with van der Waals surface area (Å²) < 4.78 is 5.89. The predicted molar refractivity (Wildman–Crippen MR) is 264 cm³/mol. The molecule has 0 rings (SSSR count). The maximum Gasteiger partial charge on any atom is 0.306 e. The van der Waals surface area contributed by atoms with Gasteiger partial charge in [-0.2, -0.15) is 0 Å². The molecule has 0 bridgehead atoms. The zero-order valence-corrected chi connectivity index (χ0v) is 39.8. The van der Waals surface area contributed by atoms with Crippen LogP contribution in [0.2, 0.25) is 0 Å². The molecule has 0 saturated carbocycles. The maximum atomic E-state index is 13.2. The van der Waals surface area contributed by atoms with Gasteiger partial charge in [0.2, 0.25) is 5.91 Å². The van der Waals surface area contributed by atoms with E-state index in [4.69, 9.17) is 4.74 Å². The van der Waals surface area contributed by atoms with E-state index in [-0.39, 0.29) is 24.9 Å². The van der Waals surface area contributed by atoms with Gasteiger partial charge in [0, 0.05) is 6.42 Å². The Bertz CT molecular complexity index is 1180. The number of allylic oxidation sites excluding steroid dienone is 14. The van der Waals surface area contributed by atoms with Crippen molar-refractivity contribution in [2.75, 3.05) is 6.61 Å². The van der Waals surface area contributed by atoms with Crippen molar-refractivity contribution in [1.29, 1.82) is 0 Å². The number of carbonyl (C=O) groups is 2. The normalized spacial score (nSPS) is 14.0. The quantitative estimate of drug-likeness (QED) is 0.0246. The largest absolute Gasteiger partial charge is 0.462 e. The van der Waals surface area contributed by atoms with E-state index in [9.17, 15) is 19.8 Å². The minimum Gasteiger partial charge on any atom is -0.462 e. The van der Waals surface area contributed by atoms with Gasteiger partial charge in [0.1, 0.15) is 6.10 Å². The van der Waals surface area contributed by atoms with Crippen molar-refractivity contribution in [3.63, 3.8) is 0 Å². The summed E-state index contributed by atoms with van der Waals surface area (Å²) in [4.78, 5) is 26.1. The Kier molecular flexibility index (Phi) is 45.7. The molecule has 1 amide bonds. The fourth-order valence-electron chi connectivity index (χ4n) is 7.28. The lowest BCUT2D eigenvalue weighted by Gasteiger charge is -2.24. The number of rotatable bonds is 44. The Labute approximate surface area is 376 Å². The van der Waals surface area contributed by atoms with E-state index in [1.54, 1.807) is 0 Å². The van der Waals surface area contributed by atoms with Gasteiger partial charge in [-0.25, -0.2) is 0 Å². The highest BCUT2D eigenvalue weighted by atomic mass is 16.5. The monoisotopic (exact) mass is 850 g/mol. The van der Waals surface area contributed by atoms with Gasteiger partial charge in [0.15, 0.2) is 0 Å². The third-order valence-electron chi connectivity index (χ3n) is 11.1. The predicted octanol–water partition coefficient (Wildman–Crippen LogP) is 15.2. The van der Waals surface area contributed by atoms with Crippen molar-refractivity contribution in [3.8, 4) is 0 Å². The minimum atomic E-state index is -0.806. The van der Waals surface area contributed by atoms with Gasteiger partial charge < -0.3 is 20.3 Å². The van der Waals surface area contributed by atoms with Crippen molar-refractivity contribution in [1.82, 2.24) is 5.32 Å². The van der Waals surface area contributed by atoms with Gasteiger partial charge in [-0.15, -0.1) is 0 Å². The molecule has 0 aliphatic rings. The first-order valence-corrected chi connectivity index (χ1v) is 25.4. The zero-order valence-electron chi connectivity index (χ0n) is 39.8. The number of aliphatic hydroxyl groups excluding tert-OH is 2. The van der Waals surface area contributed by atoms with Crippen molar-refractivity contribution in [2.24, 2.45) is 0 Å². The lowest BCUT2D eigenvalue weighted by Crippen LogP contribution is -2.46. The summed E-state index contributed by atoms with van der Waals surface area (Å²) in [5.41, 5.74) is 0. The van der Waals surface area contributed by atoms with Gasteiger partial charge in [-0.1, -0.05) is 221 Å². The van der Waals surface area contributed by atoms with E-state index in [0.29, 0.717) is 19.3 Å². The molecule has 6 nitrogen and oxygen atoms in total. The molecule has 0 aliphatic heterocycles. The summed E-state index contributed by atoms with van der Waals surface area (Å²) in [5, 5.41) is 23.8. The lowest BCUT2D eigenvalue weighted by atomic mass is 10.0. The molecule has 3 atom stereocenters. The van der Waals surface area contributed by atoms with Crippen LogP contribution in [-0.4, -0.2) is 46.9 Å². The molecule has 0 fully saturated rings. The Morgan fingerprint density at radius 1 is 0.508 bits per heavy atom. The molecular weight excluding hydrogens is 755 g/mol. The standard InChI is InChI=1S/C55H95NO5/c1-4-7-10-13-16-19-22-25-27-29-32-35-38-41-44-47-53(58)52(50-57)56-54(59)49-51(46-43-40-37-34-31-24-21-18-15-12-9-6-3)61-55(60)48-45-42-39-36-33-30-28-26-23-20-17-14-11-8-5-2/h8-9,11-12,14,17-18,20-21,23,26,28,31,34,51-53,57-58H,4-7,10,13,15-16,19,22,24-25,27,29-30,32-33,35-50H2,1-3H3,(H,56,59)/b11-8+,12-9+,17-14+,21-18+,23-20+,28-26-,34-31+. The Morgan fingerprint density at radius 2 is 0.967 bits per heavy atom. The first kappa shape index (κ1) is 58.0. The van der Waals surface area contributed by atoms with Crippen LogP contribution in [0, 0.1) is 0 Å². The van der Waals surface area contributed by atoms with E-state index in [2.05, 4.69) is 92.9 Å². The highest BCUT2D eigenvalue weighted by molar-refractivity contribution is 5.77. The molecule has 0 aromatic heterocycles. The molecule has 350 valence electrons. The molecule has 0 spiro atoms. The first-order chi connectivity index (χ1) is 30.0. The minimum absolute atomic E-state index is 0.0376. The average Bonchev–Trinajstić information content (AvgIpc) is 3.25. The van der Waals surface area contributed by atoms with Crippen LogP contribution >= 0.6 is 0 Å². The third-order valence-corrected chi connectivity index (χ3v) is 11.1. The zero-order chi connectivity index (χ0) is 44.5. The number of unbranched alkanes of at least 4 members (excludes halogenated alkanes) is 21. The fraction of sp³-hybridized carbons (Fsp3) is 0.709. The van der Waals surface area contributed by atoms with Gasteiger partial charge in [0.25, 0.3) is 0 Å². The van der Waals surface area contributed by atoms with Crippen LogP contribution in [0.4, 0.5) is 0 Å². The Hall–Kier alpha value is -2.96. The van der Waals surface area contributed by atoms with Crippen molar-refractivity contribution in [2.45, 2.75) is 244 Å². The third kappa shape index (κ3) is 43.5. The highest BCUT2D eigenvalue weighted by Crippen LogP contribution is 2.17. The summed E-state index contributed by atoms with van der Waals surface area (Å²) >= 11 is 0. The number of nitrogens with one attached hydrogen (secondary N) is 1. The van der Waals surface area contributed by atoms with Gasteiger partial charge >= 0.3 is 5.97 Å². The van der Waals surface area contributed by atoms with Gasteiger partial charge in [-0.3, -0.25) is 9.59 Å². The summed E-state index contributed by atoms with van der Waals surface area (Å²) in [6, 6.07) is -0.723. The topological polar surface area (TPSA) is 95.9 Å².